The van der Waals surface area contributed by atoms with Gasteiger partial charge in [0.05, 0.1) is 0 Å². The number of nitrogens with zero attached hydrogens (tertiary/aromatic N) is 3. The molecule has 0 saturated heterocycles. The Bertz CT molecular complexity index is 3220. The van der Waals surface area contributed by atoms with Gasteiger partial charge in [-0.25, -0.2) is 15.0 Å². The summed E-state index contributed by atoms with van der Waals surface area (Å²) in [5.74, 6) is 1.97. The van der Waals surface area contributed by atoms with Crippen molar-refractivity contribution in [1.29, 1.82) is 0 Å². The molecule has 0 unspecified atom stereocenters. The van der Waals surface area contributed by atoms with E-state index in [1.54, 1.807) is 0 Å². The molecule has 0 saturated carbocycles. The van der Waals surface area contributed by atoms with Crippen LogP contribution in [-0.4, -0.2) is 15.0 Å². The lowest BCUT2D eigenvalue weighted by molar-refractivity contribution is 1.08. The van der Waals surface area contributed by atoms with Gasteiger partial charge in [-0.05, 0) is 51.6 Å². The quantitative estimate of drug-likeness (QED) is 0.170. The van der Waals surface area contributed by atoms with Crippen molar-refractivity contribution in [2.45, 2.75) is 0 Å². The second-order valence-electron chi connectivity index (χ2n) is 13.9. The minimum atomic E-state index is 0.651. The Morgan fingerprint density at radius 1 is 0.286 bits per heavy atom. The summed E-state index contributed by atoms with van der Waals surface area (Å²) in [6, 6.07) is 66.7. The van der Waals surface area contributed by atoms with E-state index in [4.69, 9.17) is 15.0 Å². The van der Waals surface area contributed by atoms with E-state index in [1.165, 1.54) is 68.2 Å². The zero-order chi connectivity index (χ0) is 37.0. The molecule has 0 bridgehead atoms. The molecule has 5 heteroatoms. The van der Waals surface area contributed by atoms with E-state index < -0.39 is 0 Å². The maximum Gasteiger partial charge on any atom is 0.164 e. The van der Waals surface area contributed by atoms with Crippen LogP contribution in [0, 0.1) is 0 Å². The third-order valence-corrected chi connectivity index (χ3v) is 12.9. The van der Waals surface area contributed by atoms with Crippen LogP contribution in [0.5, 0.6) is 0 Å². The molecule has 0 atom stereocenters. The second-order valence-corrected chi connectivity index (χ2v) is 16.1. The number of hydrogen-bond acceptors (Lipinski definition) is 5. The average Bonchev–Trinajstić information content (AvgIpc) is 3.86. The normalized spacial score (nSPS) is 11.6. The number of benzene rings is 8. The highest BCUT2D eigenvalue weighted by atomic mass is 32.1. The molecule has 0 aliphatic rings. The SMILES string of the molecule is c1ccc(-c2ccc(-c3nc(-c4ccccc4)nc(-c4cccc5sc6cc(-c7ccc(-c8ccccc8)c8sc9ccccc9c78)ccc6c45)n3)cc2)cc1. The number of hydrogen-bond donors (Lipinski definition) is 0. The van der Waals surface area contributed by atoms with E-state index in [-0.39, 0.29) is 0 Å². The molecule has 56 heavy (non-hydrogen) atoms. The fourth-order valence-electron chi connectivity index (χ4n) is 7.88. The first-order valence-electron chi connectivity index (χ1n) is 18.7. The zero-order valence-electron chi connectivity index (χ0n) is 30.1. The highest BCUT2D eigenvalue weighted by Gasteiger charge is 2.19. The van der Waals surface area contributed by atoms with Crippen molar-refractivity contribution in [3.8, 4) is 67.5 Å². The van der Waals surface area contributed by atoms with E-state index in [1.807, 2.05) is 46.9 Å². The Hall–Kier alpha value is -6.79. The van der Waals surface area contributed by atoms with Gasteiger partial charge >= 0.3 is 0 Å². The maximum atomic E-state index is 5.18. The molecule has 0 aliphatic heterocycles. The summed E-state index contributed by atoms with van der Waals surface area (Å²) < 4.78 is 5.07. The Labute approximate surface area is 331 Å². The zero-order valence-corrected chi connectivity index (χ0v) is 31.7. The summed E-state index contributed by atoms with van der Waals surface area (Å²) in [6.07, 6.45) is 0. The van der Waals surface area contributed by atoms with Crippen LogP contribution in [-0.2, 0) is 0 Å². The van der Waals surface area contributed by atoms with Crippen molar-refractivity contribution in [2.24, 2.45) is 0 Å². The van der Waals surface area contributed by atoms with Gasteiger partial charge in [0.15, 0.2) is 17.5 Å². The molecular formula is C51H31N3S2. The summed E-state index contributed by atoms with van der Waals surface area (Å²) >= 11 is 3.70. The molecule has 11 aromatic rings. The lowest BCUT2D eigenvalue weighted by Gasteiger charge is -2.11. The molecule has 0 N–H and O–H groups in total. The first-order valence-corrected chi connectivity index (χ1v) is 20.3. The van der Waals surface area contributed by atoms with E-state index in [2.05, 4.69) is 164 Å². The Balaban J connectivity index is 1.06. The van der Waals surface area contributed by atoms with Crippen LogP contribution in [0.4, 0.5) is 0 Å². The third-order valence-electron chi connectivity index (χ3n) is 10.6. The molecule has 0 spiro atoms. The van der Waals surface area contributed by atoms with Crippen LogP contribution in [0.3, 0.4) is 0 Å². The molecule has 11 rings (SSSR count). The second kappa shape index (κ2) is 13.5. The van der Waals surface area contributed by atoms with Gasteiger partial charge in [0, 0.05) is 57.0 Å². The van der Waals surface area contributed by atoms with Gasteiger partial charge in [-0.15, -0.1) is 22.7 Å². The molecule has 3 aromatic heterocycles. The van der Waals surface area contributed by atoms with Crippen LogP contribution in [0.1, 0.15) is 0 Å². The van der Waals surface area contributed by atoms with Crippen LogP contribution in [0.25, 0.3) is 108 Å². The molecule has 0 aliphatic carbocycles. The van der Waals surface area contributed by atoms with Gasteiger partial charge in [0.1, 0.15) is 0 Å². The maximum absolute atomic E-state index is 5.18. The molecule has 8 aromatic carbocycles. The standard InChI is InChI=1S/C51H31N3S2/c1-4-13-32(14-5-1)33-23-25-36(26-24-33)50-52-49(35-17-8-3-9-18-35)53-51(54-50)42-20-12-22-44-46(42)41-28-27-37(31-45(41)55-44)38-29-30-39(34-15-6-2-7-16-34)48-47(38)40-19-10-11-21-43(40)56-48/h1-31H. The summed E-state index contributed by atoms with van der Waals surface area (Å²) in [5, 5.41) is 4.98. The Kier molecular flexibility index (Phi) is 7.87. The van der Waals surface area contributed by atoms with E-state index >= 15 is 0 Å². The molecule has 262 valence electrons. The van der Waals surface area contributed by atoms with Crippen molar-refractivity contribution < 1.29 is 0 Å². The van der Waals surface area contributed by atoms with Gasteiger partial charge in [0.25, 0.3) is 0 Å². The topological polar surface area (TPSA) is 38.7 Å². The summed E-state index contributed by atoms with van der Waals surface area (Å²) in [6.45, 7) is 0. The molecular weight excluding hydrogens is 719 g/mol. The molecule has 0 amide bonds. The summed E-state index contributed by atoms with van der Waals surface area (Å²) in [4.78, 5) is 15.3. The monoisotopic (exact) mass is 749 g/mol. The molecule has 3 nitrogen and oxygen atoms in total. The first kappa shape index (κ1) is 32.6. The smallest absolute Gasteiger partial charge is 0.164 e. The van der Waals surface area contributed by atoms with Crippen LogP contribution < -0.4 is 0 Å². The first-order chi connectivity index (χ1) is 27.7. The van der Waals surface area contributed by atoms with Crippen molar-refractivity contribution in [3.63, 3.8) is 0 Å². The Morgan fingerprint density at radius 3 is 1.57 bits per heavy atom. The highest BCUT2D eigenvalue weighted by molar-refractivity contribution is 7.26. The fraction of sp³-hybridized carbons (Fsp3) is 0. The van der Waals surface area contributed by atoms with Crippen molar-refractivity contribution in [1.82, 2.24) is 15.0 Å². The lowest BCUT2D eigenvalue weighted by atomic mass is 9.94. The van der Waals surface area contributed by atoms with Gasteiger partial charge in [-0.1, -0.05) is 170 Å². The van der Waals surface area contributed by atoms with Crippen molar-refractivity contribution in [2.75, 3.05) is 0 Å². The predicted molar refractivity (Wildman–Crippen MR) is 238 cm³/mol. The van der Waals surface area contributed by atoms with Gasteiger partial charge in [0.2, 0.25) is 0 Å². The van der Waals surface area contributed by atoms with Crippen molar-refractivity contribution in [3.05, 3.63) is 188 Å². The van der Waals surface area contributed by atoms with Crippen LogP contribution in [0.15, 0.2) is 188 Å². The minimum Gasteiger partial charge on any atom is -0.208 e. The number of thiophene rings is 2. The van der Waals surface area contributed by atoms with Crippen LogP contribution >= 0.6 is 22.7 Å². The van der Waals surface area contributed by atoms with E-state index in [0.29, 0.717) is 17.5 Å². The molecule has 0 radical (unpaired) electrons. The number of aromatic nitrogens is 3. The predicted octanol–water partition coefficient (Wildman–Crippen LogP) is 14.6. The Morgan fingerprint density at radius 2 is 0.821 bits per heavy atom. The lowest BCUT2D eigenvalue weighted by Crippen LogP contribution is -2.00. The van der Waals surface area contributed by atoms with Gasteiger partial charge in [-0.2, -0.15) is 0 Å². The largest absolute Gasteiger partial charge is 0.208 e. The third kappa shape index (κ3) is 5.60. The number of fused-ring (bicyclic) bond motifs is 6. The van der Waals surface area contributed by atoms with E-state index in [0.717, 1.165) is 22.3 Å². The van der Waals surface area contributed by atoms with Crippen LogP contribution in [0.2, 0.25) is 0 Å². The van der Waals surface area contributed by atoms with Gasteiger partial charge < -0.3 is 0 Å². The summed E-state index contributed by atoms with van der Waals surface area (Å²) in [5.41, 5.74) is 10.2. The number of rotatable bonds is 6. The molecule has 3 heterocycles. The van der Waals surface area contributed by atoms with Crippen molar-refractivity contribution >= 4 is 63.0 Å². The van der Waals surface area contributed by atoms with E-state index in [9.17, 15) is 0 Å². The highest BCUT2D eigenvalue weighted by Crippen LogP contribution is 2.47. The summed E-state index contributed by atoms with van der Waals surface area (Å²) in [7, 11) is 0. The fourth-order valence-corrected chi connectivity index (χ4v) is 10.3. The van der Waals surface area contributed by atoms with Gasteiger partial charge in [-0.3, -0.25) is 0 Å². The minimum absolute atomic E-state index is 0.651. The average molecular weight is 750 g/mol. The molecule has 0 fully saturated rings.